The van der Waals surface area contributed by atoms with Crippen molar-refractivity contribution in [2.24, 2.45) is 0 Å². The lowest BCUT2D eigenvalue weighted by molar-refractivity contribution is 0.482. The zero-order chi connectivity index (χ0) is 13.9. The van der Waals surface area contributed by atoms with Gasteiger partial charge in [-0.1, -0.05) is 40.0 Å². The van der Waals surface area contributed by atoms with E-state index in [-0.39, 0.29) is 11.8 Å². The molecule has 0 spiro atoms. The van der Waals surface area contributed by atoms with Gasteiger partial charge in [-0.2, -0.15) is 0 Å². The Morgan fingerprint density at radius 3 is 2.22 bits per heavy atom. The van der Waals surface area contributed by atoms with Gasteiger partial charge >= 0.3 is 0 Å². The van der Waals surface area contributed by atoms with Crippen LogP contribution >= 0.6 is 0 Å². The summed E-state index contributed by atoms with van der Waals surface area (Å²) in [6, 6.07) is 0.117. The Labute approximate surface area is 113 Å². The molecule has 110 valence electrons. The molecule has 0 saturated heterocycles. The van der Waals surface area contributed by atoms with Crippen molar-refractivity contribution in [1.29, 1.82) is 0 Å². The second kappa shape index (κ2) is 10.8. The topological polar surface area (TPSA) is 58.2 Å². The molecule has 0 fully saturated rings. The Hall–Kier alpha value is -0.130. The Kier molecular flexibility index (Phi) is 10.7. The van der Waals surface area contributed by atoms with Crippen LogP contribution in [0.1, 0.15) is 59.3 Å². The minimum Gasteiger partial charge on any atom is -0.316 e. The van der Waals surface area contributed by atoms with E-state index in [1.165, 1.54) is 0 Å². The van der Waals surface area contributed by atoms with Crippen LogP contribution in [-0.2, 0) is 10.0 Å². The number of sulfonamides is 1. The molecule has 0 saturated carbocycles. The second-order valence-electron chi connectivity index (χ2n) is 4.81. The monoisotopic (exact) mass is 278 g/mol. The van der Waals surface area contributed by atoms with E-state index in [0.29, 0.717) is 6.54 Å². The predicted octanol–water partition coefficient (Wildman–Crippen LogP) is 2.26. The van der Waals surface area contributed by atoms with E-state index in [1.807, 2.05) is 0 Å². The van der Waals surface area contributed by atoms with Crippen molar-refractivity contribution in [1.82, 2.24) is 10.0 Å². The zero-order valence-corrected chi connectivity index (χ0v) is 13.0. The van der Waals surface area contributed by atoms with Gasteiger partial charge in [0.2, 0.25) is 10.0 Å². The first-order chi connectivity index (χ1) is 8.55. The van der Waals surface area contributed by atoms with Crippen LogP contribution in [-0.4, -0.2) is 33.3 Å². The SMILES string of the molecule is CCCCC(CCC)NS(=O)(=O)CCNCCC. The van der Waals surface area contributed by atoms with Gasteiger partial charge in [0.25, 0.3) is 0 Å². The molecule has 2 N–H and O–H groups in total. The smallest absolute Gasteiger partial charge is 0.213 e. The number of unbranched alkanes of at least 4 members (excludes halogenated alkanes) is 1. The summed E-state index contributed by atoms with van der Waals surface area (Å²) in [5.41, 5.74) is 0. The Balaban J connectivity index is 4.06. The Morgan fingerprint density at radius 1 is 0.944 bits per heavy atom. The normalized spacial score (nSPS) is 13.7. The van der Waals surface area contributed by atoms with Crippen molar-refractivity contribution in [3.8, 4) is 0 Å². The number of nitrogens with one attached hydrogen (secondary N) is 2. The van der Waals surface area contributed by atoms with Crippen LogP contribution in [0.4, 0.5) is 0 Å². The summed E-state index contributed by atoms with van der Waals surface area (Å²) < 4.78 is 26.6. The Bertz CT molecular complexity index is 279. The number of hydrogen-bond acceptors (Lipinski definition) is 3. The van der Waals surface area contributed by atoms with E-state index in [4.69, 9.17) is 0 Å². The van der Waals surface area contributed by atoms with Crippen molar-refractivity contribution < 1.29 is 8.42 Å². The highest BCUT2D eigenvalue weighted by Gasteiger charge is 2.16. The van der Waals surface area contributed by atoms with Gasteiger partial charge in [0.05, 0.1) is 5.75 Å². The fourth-order valence-electron chi connectivity index (χ4n) is 1.88. The molecule has 4 nitrogen and oxygen atoms in total. The van der Waals surface area contributed by atoms with Crippen LogP contribution in [0, 0.1) is 0 Å². The van der Waals surface area contributed by atoms with Gasteiger partial charge in [-0.3, -0.25) is 0 Å². The molecule has 1 atom stereocenters. The molecule has 0 aromatic carbocycles. The first-order valence-corrected chi connectivity index (χ1v) is 8.91. The maximum atomic E-state index is 11.9. The van der Waals surface area contributed by atoms with Crippen LogP contribution in [0.15, 0.2) is 0 Å². The summed E-state index contributed by atoms with van der Waals surface area (Å²) in [5.74, 6) is 0.180. The molecule has 0 aliphatic rings. The van der Waals surface area contributed by atoms with Crippen LogP contribution in [0.2, 0.25) is 0 Å². The zero-order valence-electron chi connectivity index (χ0n) is 12.2. The van der Waals surface area contributed by atoms with Gasteiger partial charge in [0.15, 0.2) is 0 Å². The summed E-state index contributed by atoms with van der Waals surface area (Å²) in [6.07, 6.45) is 6.13. The average molecular weight is 278 g/mol. The van der Waals surface area contributed by atoms with Gasteiger partial charge in [-0.15, -0.1) is 0 Å². The van der Waals surface area contributed by atoms with Crippen LogP contribution in [0.25, 0.3) is 0 Å². The molecule has 0 heterocycles. The van der Waals surface area contributed by atoms with Crippen molar-refractivity contribution in [2.75, 3.05) is 18.8 Å². The van der Waals surface area contributed by atoms with E-state index in [2.05, 4.69) is 30.8 Å². The van der Waals surface area contributed by atoms with E-state index in [0.717, 1.165) is 45.1 Å². The van der Waals surface area contributed by atoms with Crippen molar-refractivity contribution in [2.45, 2.75) is 65.3 Å². The predicted molar refractivity (Wildman–Crippen MR) is 78.3 cm³/mol. The molecule has 1 unspecified atom stereocenters. The van der Waals surface area contributed by atoms with E-state index in [1.54, 1.807) is 0 Å². The highest BCUT2D eigenvalue weighted by Crippen LogP contribution is 2.08. The fraction of sp³-hybridized carbons (Fsp3) is 1.00. The highest BCUT2D eigenvalue weighted by atomic mass is 32.2. The third kappa shape index (κ3) is 9.85. The quantitative estimate of drug-likeness (QED) is 0.538. The maximum Gasteiger partial charge on any atom is 0.213 e. The molecule has 0 aliphatic carbocycles. The third-order valence-corrected chi connectivity index (χ3v) is 4.30. The lowest BCUT2D eigenvalue weighted by atomic mass is 10.1. The van der Waals surface area contributed by atoms with E-state index in [9.17, 15) is 8.42 Å². The molecular formula is C13H30N2O2S. The summed E-state index contributed by atoms with van der Waals surface area (Å²) in [6.45, 7) is 7.71. The molecular weight excluding hydrogens is 248 g/mol. The lowest BCUT2D eigenvalue weighted by Gasteiger charge is -2.18. The first-order valence-electron chi connectivity index (χ1n) is 7.26. The first kappa shape index (κ1) is 17.9. The minimum absolute atomic E-state index is 0.117. The molecule has 0 rings (SSSR count). The maximum absolute atomic E-state index is 11.9. The number of hydrogen-bond donors (Lipinski definition) is 2. The van der Waals surface area contributed by atoms with Gasteiger partial charge in [-0.25, -0.2) is 13.1 Å². The van der Waals surface area contributed by atoms with E-state index < -0.39 is 10.0 Å². The third-order valence-electron chi connectivity index (χ3n) is 2.86. The summed E-state index contributed by atoms with van der Waals surface area (Å²) in [5, 5.41) is 3.12. The molecule has 0 aliphatic heterocycles. The lowest BCUT2D eigenvalue weighted by Crippen LogP contribution is -2.38. The molecule has 5 heteroatoms. The molecule has 18 heavy (non-hydrogen) atoms. The summed E-state index contributed by atoms with van der Waals surface area (Å²) in [4.78, 5) is 0. The fourth-order valence-corrected chi connectivity index (χ4v) is 3.16. The van der Waals surface area contributed by atoms with Crippen LogP contribution in [0.3, 0.4) is 0 Å². The summed E-state index contributed by atoms with van der Waals surface area (Å²) >= 11 is 0. The van der Waals surface area contributed by atoms with Crippen molar-refractivity contribution in [3.05, 3.63) is 0 Å². The molecule has 0 amide bonds. The average Bonchev–Trinajstić information content (AvgIpc) is 2.32. The van der Waals surface area contributed by atoms with Gasteiger partial charge < -0.3 is 5.32 Å². The van der Waals surface area contributed by atoms with Crippen LogP contribution < -0.4 is 10.0 Å². The minimum atomic E-state index is -3.13. The standard InChI is InChI=1S/C13H30N2O2S/c1-4-7-9-13(8-5-2)15-18(16,17)12-11-14-10-6-3/h13-15H,4-12H2,1-3H3. The Morgan fingerprint density at radius 2 is 1.67 bits per heavy atom. The molecule has 0 aromatic heterocycles. The largest absolute Gasteiger partial charge is 0.316 e. The van der Waals surface area contributed by atoms with Crippen molar-refractivity contribution in [3.63, 3.8) is 0 Å². The van der Waals surface area contributed by atoms with Gasteiger partial charge in [0, 0.05) is 12.6 Å². The summed E-state index contributed by atoms with van der Waals surface area (Å²) in [7, 11) is -3.13. The highest BCUT2D eigenvalue weighted by molar-refractivity contribution is 7.89. The molecule has 0 bridgehead atoms. The van der Waals surface area contributed by atoms with Crippen LogP contribution in [0.5, 0.6) is 0 Å². The second-order valence-corrected chi connectivity index (χ2v) is 6.69. The van der Waals surface area contributed by atoms with Gasteiger partial charge in [-0.05, 0) is 25.8 Å². The molecule has 0 aromatic rings. The van der Waals surface area contributed by atoms with Gasteiger partial charge in [0.1, 0.15) is 0 Å². The van der Waals surface area contributed by atoms with E-state index >= 15 is 0 Å². The number of rotatable bonds is 12. The van der Waals surface area contributed by atoms with Crippen molar-refractivity contribution >= 4 is 10.0 Å². The molecule has 0 radical (unpaired) electrons.